The van der Waals surface area contributed by atoms with Crippen molar-refractivity contribution in [3.05, 3.63) is 29.8 Å². The van der Waals surface area contributed by atoms with Crippen LogP contribution in [0, 0.1) is 5.92 Å². The van der Waals surface area contributed by atoms with Crippen LogP contribution < -0.4 is 11.5 Å². The Morgan fingerprint density at radius 3 is 2.21 bits per heavy atom. The van der Waals surface area contributed by atoms with Crippen LogP contribution in [0.25, 0.3) is 0 Å². The highest BCUT2D eigenvalue weighted by Crippen LogP contribution is 2.14. The molecule has 0 aliphatic heterocycles. The van der Waals surface area contributed by atoms with Crippen LogP contribution in [0.5, 0.6) is 0 Å². The fourth-order valence-electron chi connectivity index (χ4n) is 1.77. The lowest BCUT2D eigenvalue weighted by atomic mass is 9.95. The van der Waals surface area contributed by atoms with Gasteiger partial charge in [-0.05, 0) is 43.4 Å². The summed E-state index contributed by atoms with van der Waals surface area (Å²) in [5, 5.41) is 0. The summed E-state index contributed by atoms with van der Waals surface area (Å²) in [6.45, 7) is 4.29. The third-order valence-electron chi connectivity index (χ3n) is 2.34. The molecule has 0 amide bonds. The van der Waals surface area contributed by atoms with Crippen LogP contribution in [0.3, 0.4) is 0 Å². The molecule has 0 radical (unpaired) electrons. The second kappa shape index (κ2) is 5.01. The van der Waals surface area contributed by atoms with Crippen molar-refractivity contribution < 1.29 is 0 Å². The van der Waals surface area contributed by atoms with Crippen molar-refractivity contribution >= 4 is 5.69 Å². The van der Waals surface area contributed by atoms with E-state index in [1.165, 1.54) is 5.56 Å². The minimum atomic E-state index is 0.291. The molecule has 0 aliphatic carbocycles. The van der Waals surface area contributed by atoms with Gasteiger partial charge in [-0.3, -0.25) is 0 Å². The van der Waals surface area contributed by atoms with E-state index in [0.29, 0.717) is 12.0 Å². The van der Waals surface area contributed by atoms with Crippen LogP contribution in [0.1, 0.15) is 25.8 Å². The van der Waals surface area contributed by atoms with Crippen molar-refractivity contribution in [2.75, 3.05) is 5.73 Å². The highest BCUT2D eigenvalue weighted by Gasteiger charge is 2.05. The van der Waals surface area contributed by atoms with Gasteiger partial charge in [0.1, 0.15) is 0 Å². The molecular weight excluding hydrogens is 172 g/mol. The van der Waals surface area contributed by atoms with E-state index in [9.17, 15) is 0 Å². The Morgan fingerprint density at radius 1 is 1.14 bits per heavy atom. The van der Waals surface area contributed by atoms with E-state index in [2.05, 4.69) is 26.0 Å². The Kier molecular flexibility index (Phi) is 3.96. The fourth-order valence-corrected chi connectivity index (χ4v) is 1.77. The highest BCUT2D eigenvalue weighted by atomic mass is 14.6. The van der Waals surface area contributed by atoms with E-state index in [4.69, 9.17) is 11.5 Å². The molecule has 4 N–H and O–H groups in total. The quantitative estimate of drug-likeness (QED) is 0.718. The highest BCUT2D eigenvalue weighted by molar-refractivity contribution is 5.39. The topological polar surface area (TPSA) is 52.0 Å². The van der Waals surface area contributed by atoms with Crippen LogP contribution in [-0.4, -0.2) is 6.04 Å². The molecule has 1 rings (SSSR count). The first kappa shape index (κ1) is 11.1. The van der Waals surface area contributed by atoms with E-state index in [1.807, 2.05) is 12.1 Å². The molecular formula is C12H20N2. The maximum atomic E-state index is 5.75. The average Bonchev–Trinajstić information content (AvgIpc) is 2.07. The van der Waals surface area contributed by atoms with Crippen molar-refractivity contribution in [2.24, 2.45) is 11.7 Å². The lowest BCUT2D eigenvalue weighted by Crippen LogP contribution is -2.19. The Balaban J connectivity index is 2.47. The van der Waals surface area contributed by atoms with E-state index in [1.54, 1.807) is 0 Å². The maximum Gasteiger partial charge on any atom is 0.0314 e. The molecule has 0 heterocycles. The number of rotatable bonds is 4. The van der Waals surface area contributed by atoms with Gasteiger partial charge in [0.2, 0.25) is 0 Å². The summed E-state index contributed by atoms with van der Waals surface area (Å²) in [5.74, 6) is 0.638. The molecule has 0 saturated heterocycles. The molecule has 0 saturated carbocycles. The predicted molar refractivity (Wildman–Crippen MR) is 62.0 cm³/mol. The van der Waals surface area contributed by atoms with Gasteiger partial charge in [-0.1, -0.05) is 19.1 Å². The van der Waals surface area contributed by atoms with Crippen LogP contribution in [0.2, 0.25) is 0 Å². The van der Waals surface area contributed by atoms with E-state index in [0.717, 1.165) is 18.5 Å². The molecule has 1 aromatic carbocycles. The summed E-state index contributed by atoms with van der Waals surface area (Å²) >= 11 is 0. The lowest BCUT2D eigenvalue weighted by Gasteiger charge is -2.13. The van der Waals surface area contributed by atoms with Gasteiger partial charge in [-0.2, -0.15) is 0 Å². The van der Waals surface area contributed by atoms with Gasteiger partial charge in [-0.15, -0.1) is 0 Å². The molecule has 0 bridgehead atoms. The molecule has 14 heavy (non-hydrogen) atoms. The molecule has 2 unspecified atom stereocenters. The van der Waals surface area contributed by atoms with E-state index in [-0.39, 0.29) is 0 Å². The Hall–Kier alpha value is -1.02. The van der Waals surface area contributed by atoms with Crippen molar-refractivity contribution in [3.63, 3.8) is 0 Å². The summed E-state index contributed by atoms with van der Waals surface area (Å²) in [4.78, 5) is 0. The fraction of sp³-hybridized carbons (Fsp3) is 0.500. The zero-order valence-electron chi connectivity index (χ0n) is 9.03. The third kappa shape index (κ3) is 3.79. The van der Waals surface area contributed by atoms with Crippen molar-refractivity contribution in [2.45, 2.75) is 32.7 Å². The van der Waals surface area contributed by atoms with Gasteiger partial charge < -0.3 is 11.5 Å². The minimum Gasteiger partial charge on any atom is -0.399 e. The summed E-state index contributed by atoms with van der Waals surface area (Å²) in [7, 11) is 0. The normalized spacial score (nSPS) is 15.1. The second-order valence-corrected chi connectivity index (χ2v) is 4.26. The van der Waals surface area contributed by atoms with Gasteiger partial charge >= 0.3 is 0 Å². The Morgan fingerprint density at radius 2 is 1.71 bits per heavy atom. The van der Waals surface area contributed by atoms with Crippen LogP contribution in [0.15, 0.2) is 24.3 Å². The summed E-state index contributed by atoms with van der Waals surface area (Å²) in [6.07, 6.45) is 2.16. The molecule has 2 heteroatoms. The van der Waals surface area contributed by atoms with Crippen LogP contribution in [0.4, 0.5) is 5.69 Å². The van der Waals surface area contributed by atoms with Gasteiger partial charge in [0.15, 0.2) is 0 Å². The molecule has 2 nitrogen and oxygen atoms in total. The first-order valence-corrected chi connectivity index (χ1v) is 5.18. The number of hydrogen-bond donors (Lipinski definition) is 2. The second-order valence-electron chi connectivity index (χ2n) is 4.26. The molecule has 0 fully saturated rings. The van der Waals surface area contributed by atoms with Crippen molar-refractivity contribution in [1.82, 2.24) is 0 Å². The summed E-state index contributed by atoms with van der Waals surface area (Å²) in [5.41, 5.74) is 13.5. The Bertz CT molecular complexity index is 264. The SMILES string of the molecule is CC(N)CC(C)Cc1ccc(N)cc1. The first-order chi connectivity index (χ1) is 6.58. The lowest BCUT2D eigenvalue weighted by molar-refractivity contribution is 0.480. The zero-order valence-corrected chi connectivity index (χ0v) is 9.03. The maximum absolute atomic E-state index is 5.75. The molecule has 2 atom stereocenters. The standard InChI is InChI=1S/C12H20N2/c1-9(7-10(2)13)8-11-3-5-12(14)6-4-11/h3-6,9-10H,7-8,13-14H2,1-2H3. The molecule has 0 aromatic heterocycles. The molecule has 1 aromatic rings. The predicted octanol–water partition coefficient (Wildman–Crippen LogP) is 2.18. The van der Waals surface area contributed by atoms with Crippen LogP contribution >= 0.6 is 0 Å². The minimum absolute atomic E-state index is 0.291. The van der Waals surface area contributed by atoms with Crippen LogP contribution in [-0.2, 0) is 6.42 Å². The zero-order chi connectivity index (χ0) is 10.6. The van der Waals surface area contributed by atoms with Crippen molar-refractivity contribution in [1.29, 1.82) is 0 Å². The molecule has 0 spiro atoms. The third-order valence-corrected chi connectivity index (χ3v) is 2.34. The van der Waals surface area contributed by atoms with Gasteiger partial charge in [-0.25, -0.2) is 0 Å². The molecule has 0 aliphatic rings. The smallest absolute Gasteiger partial charge is 0.0314 e. The largest absolute Gasteiger partial charge is 0.399 e. The van der Waals surface area contributed by atoms with Gasteiger partial charge in [0.05, 0.1) is 0 Å². The first-order valence-electron chi connectivity index (χ1n) is 5.18. The van der Waals surface area contributed by atoms with Gasteiger partial charge in [0, 0.05) is 11.7 Å². The monoisotopic (exact) mass is 192 g/mol. The number of nitrogens with two attached hydrogens (primary N) is 2. The number of benzene rings is 1. The van der Waals surface area contributed by atoms with Gasteiger partial charge in [0.25, 0.3) is 0 Å². The average molecular weight is 192 g/mol. The molecule has 78 valence electrons. The van der Waals surface area contributed by atoms with Crippen molar-refractivity contribution in [3.8, 4) is 0 Å². The number of nitrogen functional groups attached to an aromatic ring is 1. The van der Waals surface area contributed by atoms with E-state index >= 15 is 0 Å². The number of hydrogen-bond acceptors (Lipinski definition) is 2. The number of anilines is 1. The van der Waals surface area contributed by atoms with E-state index < -0.39 is 0 Å². The Labute approximate surface area is 86.3 Å². The summed E-state index contributed by atoms with van der Waals surface area (Å²) < 4.78 is 0. The summed E-state index contributed by atoms with van der Waals surface area (Å²) in [6, 6.07) is 8.38.